The van der Waals surface area contributed by atoms with E-state index >= 15 is 0 Å². The number of aromatic nitrogens is 2. The normalized spacial score (nSPS) is 19.6. The second-order valence-corrected chi connectivity index (χ2v) is 6.96. The second kappa shape index (κ2) is 4.93. The zero-order valence-corrected chi connectivity index (χ0v) is 14.0. The topological polar surface area (TPSA) is 47.5 Å². The first-order valence-corrected chi connectivity index (χ1v) is 7.49. The molecule has 0 atom stereocenters. The van der Waals surface area contributed by atoms with Gasteiger partial charge in [0.2, 0.25) is 0 Å². The molecule has 6 heteroatoms. The largest absolute Gasteiger partial charge is 0.494 e. The van der Waals surface area contributed by atoms with E-state index in [0.29, 0.717) is 0 Å². The van der Waals surface area contributed by atoms with Gasteiger partial charge in [-0.2, -0.15) is 0 Å². The van der Waals surface area contributed by atoms with E-state index in [1.807, 2.05) is 37.2 Å². The quantitative estimate of drug-likeness (QED) is 0.794. The Morgan fingerprint density at radius 3 is 2.23 bits per heavy atom. The van der Waals surface area contributed by atoms with Gasteiger partial charge in [0.15, 0.2) is 0 Å². The van der Waals surface area contributed by atoms with Crippen LogP contribution in [0.3, 0.4) is 0 Å². The van der Waals surface area contributed by atoms with Gasteiger partial charge < -0.3 is 14.2 Å². The summed E-state index contributed by atoms with van der Waals surface area (Å²) in [5.41, 5.74) is 1.99. The number of hydrogen-bond donors (Lipinski definition) is 0. The van der Waals surface area contributed by atoms with Crippen molar-refractivity contribution in [1.82, 2.24) is 9.97 Å². The van der Waals surface area contributed by atoms with Crippen molar-refractivity contribution in [2.24, 2.45) is 0 Å². The van der Waals surface area contributed by atoms with Gasteiger partial charge in [-0.1, -0.05) is 6.07 Å². The smallest absolute Gasteiger partial charge is 0.399 e. The van der Waals surface area contributed by atoms with Crippen LogP contribution >= 0.6 is 0 Å². The molecular weight excluding hydrogens is 277 g/mol. The van der Waals surface area contributed by atoms with E-state index in [9.17, 15) is 0 Å². The van der Waals surface area contributed by atoms with Gasteiger partial charge in [0, 0.05) is 14.1 Å². The minimum absolute atomic E-state index is 0.343. The van der Waals surface area contributed by atoms with Crippen LogP contribution in [0.15, 0.2) is 24.4 Å². The van der Waals surface area contributed by atoms with Crippen molar-refractivity contribution >= 4 is 29.4 Å². The molecule has 22 heavy (non-hydrogen) atoms. The third-order valence-corrected chi connectivity index (χ3v) is 4.54. The molecule has 116 valence electrons. The molecule has 0 bridgehead atoms. The Kier molecular flexibility index (Phi) is 3.42. The lowest BCUT2D eigenvalue weighted by molar-refractivity contribution is 0.00578. The maximum absolute atomic E-state index is 6.10. The maximum Gasteiger partial charge on any atom is 0.494 e. The summed E-state index contributed by atoms with van der Waals surface area (Å²) in [6.07, 6.45) is 1.77. The van der Waals surface area contributed by atoms with Crippen LogP contribution in [-0.4, -0.2) is 42.4 Å². The van der Waals surface area contributed by atoms with Crippen LogP contribution in [0.1, 0.15) is 27.7 Å². The van der Waals surface area contributed by atoms with E-state index in [0.717, 1.165) is 22.3 Å². The number of rotatable bonds is 2. The zero-order valence-electron chi connectivity index (χ0n) is 14.0. The fourth-order valence-electron chi connectivity index (χ4n) is 2.36. The summed E-state index contributed by atoms with van der Waals surface area (Å²) in [4.78, 5) is 11.0. The Morgan fingerprint density at radius 2 is 1.64 bits per heavy atom. The van der Waals surface area contributed by atoms with Crippen LogP contribution in [0.5, 0.6) is 0 Å². The van der Waals surface area contributed by atoms with Crippen molar-refractivity contribution in [1.29, 1.82) is 0 Å². The van der Waals surface area contributed by atoms with Crippen LogP contribution in [-0.2, 0) is 9.31 Å². The minimum Gasteiger partial charge on any atom is -0.399 e. The molecule has 1 aliphatic heterocycles. The van der Waals surface area contributed by atoms with Crippen LogP contribution in [0.4, 0.5) is 5.82 Å². The van der Waals surface area contributed by atoms with Gasteiger partial charge >= 0.3 is 7.12 Å². The summed E-state index contributed by atoms with van der Waals surface area (Å²) in [6, 6.07) is 5.95. The number of fused-ring (bicyclic) bond motifs is 1. The third-order valence-electron chi connectivity index (χ3n) is 4.54. The number of nitrogens with zero attached hydrogens (tertiary/aromatic N) is 3. The van der Waals surface area contributed by atoms with Crippen molar-refractivity contribution < 1.29 is 9.31 Å². The summed E-state index contributed by atoms with van der Waals surface area (Å²) >= 11 is 0. The van der Waals surface area contributed by atoms with Crippen molar-refractivity contribution in [3.05, 3.63) is 24.4 Å². The molecule has 0 N–H and O–H groups in total. The Bertz CT molecular complexity index is 700. The molecule has 1 aromatic carbocycles. The lowest BCUT2D eigenvalue weighted by Crippen LogP contribution is -2.41. The minimum atomic E-state index is -0.376. The molecular formula is C16H22BN3O2. The lowest BCUT2D eigenvalue weighted by atomic mass is 9.79. The Labute approximate surface area is 131 Å². The summed E-state index contributed by atoms with van der Waals surface area (Å²) < 4.78 is 12.2. The van der Waals surface area contributed by atoms with Gasteiger partial charge in [-0.15, -0.1) is 0 Å². The predicted octanol–water partition coefficient (Wildman–Crippen LogP) is 1.99. The number of benzene rings is 1. The van der Waals surface area contributed by atoms with E-state index < -0.39 is 0 Å². The molecule has 1 saturated heterocycles. The van der Waals surface area contributed by atoms with E-state index in [4.69, 9.17) is 9.31 Å². The predicted molar refractivity (Wildman–Crippen MR) is 89.6 cm³/mol. The van der Waals surface area contributed by atoms with Crippen LogP contribution < -0.4 is 10.4 Å². The lowest BCUT2D eigenvalue weighted by Gasteiger charge is -2.32. The van der Waals surface area contributed by atoms with Gasteiger partial charge in [-0.25, -0.2) is 4.98 Å². The Balaban J connectivity index is 1.99. The van der Waals surface area contributed by atoms with E-state index in [1.165, 1.54) is 0 Å². The Hall–Kier alpha value is -1.66. The van der Waals surface area contributed by atoms with Gasteiger partial charge in [0.1, 0.15) is 5.82 Å². The van der Waals surface area contributed by atoms with E-state index in [-0.39, 0.29) is 18.3 Å². The standard InChI is InChI=1S/C16H22BN3O2/c1-15(2)16(3,4)22-17(21-15)11-7-8-12-13(9-11)19-14(10-18-12)20(5)6/h7-10H,1-6H3. The van der Waals surface area contributed by atoms with E-state index in [1.54, 1.807) is 6.20 Å². The highest BCUT2D eigenvalue weighted by molar-refractivity contribution is 6.62. The van der Waals surface area contributed by atoms with Crippen LogP contribution in [0.2, 0.25) is 0 Å². The molecule has 1 aromatic heterocycles. The summed E-state index contributed by atoms with van der Waals surface area (Å²) in [7, 11) is 3.53. The SMILES string of the molecule is CN(C)c1cnc2ccc(B3OC(C)(C)C(C)(C)O3)cc2n1. The van der Waals surface area contributed by atoms with Gasteiger partial charge in [-0.3, -0.25) is 4.98 Å². The molecule has 5 nitrogen and oxygen atoms in total. The Morgan fingerprint density at radius 1 is 1.00 bits per heavy atom. The molecule has 1 aliphatic rings. The van der Waals surface area contributed by atoms with Crippen molar-refractivity contribution in [3.8, 4) is 0 Å². The molecule has 0 aliphatic carbocycles. The number of hydrogen-bond acceptors (Lipinski definition) is 5. The molecule has 0 spiro atoms. The van der Waals surface area contributed by atoms with E-state index in [2.05, 4.69) is 37.7 Å². The van der Waals surface area contributed by atoms with Crippen molar-refractivity contribution in [3.63, 3.8) is 0 Å². The van der Waals surface area contributed by atoms with Gasteiger partial charge in [0.05, 0.1) is 28.4 Å². The summed E-state index contributed by atoms with van der Waals surface area (Å²) in [5, 5.41) is 0. The van der Waals surface area contributed by atoms with Gasteiger partial charge in [-0.05, 0) is 45.3 Å². The molecule has 0 unspecified atom stereocenters. The highest BCUT2D eigenvalue weighted by atomic mass is 16.7. The first-order valence-electron chi connectivity index (χ1n) is 7.49. The molecule has 0 radical (unpaired) electrons. The number of anilines is 1. The molecule has 3 rings (SSSR count). The molecule has 2 aromatic rings. The highest BCUT2D eigenvalue weighted by Crippen LogP contribution is 2.36. The molecule has 1 fully saturated rings. The molecule has 0 amide bonds. The fraction of sp³-hybridized carbons (Fsp3) is 0.500. The van der Waals surface area contributed by atoms with Crippen molar-refractivity contribution in [2.75, 3.05) is 19.0 Å². The fourth-order valence-corrected chi connectivity index (χ4v) is 2.36. The zero-order chi connectivity index (χ0) is 16.1. The second-order valence-electron chi connectivity index (χ2n) is 6.96. The van der Waals surface area contributed by atoms with Crippen LogP contribution in [0.25, 0.3) is 11.0 Å². The molecule has 2 heterocycles. The maximum atomic E-state index is 6.10. The van der Waals surface area contributed by atoms with Gasteiger partial charge in [0.25, 0.3) is 0 Å². The average molecular weight is 299 g/mol. The summed E-state index contributed by atoms with van der Waals surface area (Å²) in [6.45, 7) is 8.21. The molecule has 0 saturated carbocycles. The third kappa shape index (κ3) is 2.46. The summed E-state index contributed by atoms with van der Waals surface area (Å²) in [5.74, 6) is 0.832. The van der Waals surface area contributed by atoms with Crippen molar-refractivity contribution in [2.45, 2.75) is 38.9 Å². The first-order chi connectivity index (χ1) is 10.2. The average Bonchev–Trinajstić information content (AvgIpc) is 2.66. The first kappa shape index (κ1) is 15.2. The van der Waals surface area contributed by atoms with Crippen LogP contribution in [0, 0.1) is 0 Å². The highest BCUT2D eigenvalue weighted by Gasteiger charge is 2.51. The monoisotopic (exact) mass is 299 g/mol.